The topological polar surface area (TPSA) is 50.5 Å². The van der Waals surface area contributed by atoms with Crippen molar-refractivity contribution in [2.45, 2.75) is 31.2 Å². The number of amides is 1. The van der Waals surface area contributed by atoms with Gasteiger partial charge in [-0.25, -0.2) is 9.97 Å². The van der Waals surface area contributed by atoms with Crippen molar-refractivity contribution in [3.8, 4) is 0 Å². The Morgan fingerprint density at radius 1 is 1.29 bits per heavy atom. The van der Waals surface area contributed by atoms with E-state index in [4.69, 9.17) is 11.6 Å². The highest BCUT2D eigenvalue weighted by atomic mass is 35.5. The fourth-order valence-electron chi connectivity index (χ4n) is 4.26. The first-order valence-corrected chi connectivity index (χ1v) is 7.90. The number of halogens is 1. The maximum Gasteiger partial charge on any atom is 0.226 e. The summed E-state index contributed by atoms with van der Waals surface area (Å²) < 4.78 is 2.02. The van der Waals surface area contributed by atoms with Gasteiger partial charge < -0.3 is 4.90 Å². The highest BCUT2D eigenvalue weighted by Crippen LogP contribution is 2.54. The van der Waals surface area contributed by atoms with Crippen LogP contribution < -0.4 is 0 Å². The predicted molar refractivity (Wildman–Crippen MR) is 77.1 cm³/mol. The molecule has 5 nitrogen and oxygen atoms in total. The van der Waals surface area contributed by atoms with E-state index < -0.39 is 0 Å². The highest BCUT2D eigenvalue weighted by Gasteiger charge is 2.59. The molecule has 0 radical (unpaired) electrons. The maximum absolute atomic E-state index is 12.3. The molecular formula is C15H15ClN4O. The zero-order valence-corrected chi connectivity index (χ0v) is 12.2. The first-order valence-electron chi connectivity index (χ1n) is 7.52. The third-order valence-electron chi connectivity index (χ3n) is 5.37. The first kappa shape index (κ1) is 12.0. The van der Waals surface area contributed by atoms with Gasteiger partial charge in [-0.2, -0.15) is 0 Å². The third-order valence-corrected chi connectivity index (χ3v) is 5.66. The molecule has 0 unspecified atom stereocenters. The average molecular weight is 303 g/mol. The minimum Gasteiger partial charge on any atom is -0.338 e. The zero-order chi connectivity index (χ0) is 14.1. The number of carbonyl (C=O) groups excluding carboxylic acids is 1. The molecule has 3 aliphatic rings. The number of imidazole rings is 1. The number of hydrogen-bond donors (Lipinski definition) is 0. The van der Waals surface area contributed by atoms with Crippen LogP contribution in [0.3, 0.4) is 0 Å². The van der Waals surface area contributed by atoms with Crippen LogP contribution in [0.4, 0.5) is 0 Å². The van der Waals surface area contributed by atoms with Crippen molar-refractivity contribution in [3.63, 3.8) is 0 Å². The molecule has 3 fully saturated rings. The minimum atomic E-state index is 0.295. The van der Waals surface area contributed by atoms with E-state index in [0.717, 1.165) is 37.1 Å². The van der Waals surface area contributed by atoms with Crippen LogP contribution in [0.2, 0.25) is 5.15 Å². The van der Waals surface area contributed by atoms with Crippen LogP contribution in [-0.4, -0.2) is 37.8 Å². The zero-order valence-electron chi connectivity index (χ0n) is 11.4. The lowest BCUT2D eigenvalue weighted by Gasteiger charge is -2.36. The van der Waals surface area contributed by atoms with Crippen LogP contribution >= 0.6 is 11.6 Å². The molecule has 1 saturated carbocycles. The van der Waals surface area contributed by atoms with Gasteiger partial charge in [-0.15, -0.1) is 0 Å². The fraction of sp³-hybridized carbons (Fsp3) is 0.533. The molecule has 0 bridgehead atoms. The Balaban J connectivity index is 1.50. The average Bonchev–Trinajstić information content (AvgIpc) is 3.09. The van der Waals surface area contributed by atoms with E-state index in [0.29, 0.717) is 34.9 Å². The molecule has 1 amide bonds. The van der Waals surface area contributed by atoms with E-state index in [1.54, 1.807) is 12.4 Å². The molecule has 1 aliphatic carbocycles. The van der Waals surface area contributed by atoms with Crippen LogP contribution in [0.15, 0.2) is 18.6 Å². The fourth-order valence-corrected chi connectivity index (χ4v) is 4.45. The minimum absolute atomic E-state index is 0.295. The van der Waals surface area contributed by atoms with E-state index in [1.807, 2.05) is 10.6 Å². The first-order chi connectivity index (χ1) is 10.2. The Labute approximate surface area is 126 Å². The van der Waals surface area contributed by atoms with E-state index in [1.165, 1.54) is 0 Å². The molecule has 4 atom stereocenters. The van der Waals surface area contributed by atoms with Gasteiger partial charge in [0.25, 0.3) is 0 Å². The number of piperidine rings is 2. The second-order valence-electron chi connectivity index (χ2n) is 6.43. The van der Waals surface area contributed by atoms with Crippen LogP contribution in [0, 0.1) is 11.8 Å². The molecule has 0 N–H and O–H groups in total. The summed E-state index contributed by atoms with van der Waals surface area (Å²) in [5, 5.41) is 0.475. The van der Waals surface area contributed by atoms with Gasteiger partial charge >= 0.3 is 0 Å². The second-order valence-corrected chi connectivity index (χ2v) is 6.79. The van der Waals surface area contributed by atoms with Crippen molar-refractivity contribution in [2.24, 2.45) is 11.8 Å². The SMILES string of the molecule is O=C1[C@@H]2C[C@@H]2[C@H]2CC[C@H](c3ncc4c(Cl)nccn34)CN12. The molecule has 2 aromatic heterocycles. The van der Waals surface area contributed by atoms with Crippen molar-refractivity contribution >= 4 is 23.0 Å². The van der Waals surface area contributed by atoms with Gasteiger partial charge in [-0.1, -0.05) is 11.6 Å². The molecule has 6 heteroatoms. The van der Waals surface area contributed by atoms with Gasteiger partial charge in [0, 0.05) is 36.8 Å². The van der Waals surface area contributed by atoms with Crippen molar-refractivity contribution in [2.75, 3.05) is 6.54 Å². The lowest BCUT2D eigenvalue weighted by atomic mass is 9.91. The van der Waals surface area contributed by atoms with Crippen LogP contribution in [0.25, 0.3) is 5.52 Å². The van der Waals surface area contributed by atoms with E-state index in [9.17, 15) is 4.79 Å². The molecular weight excluding hydrogens is 288 g/mol. The Bertz CT molecular complexity index is 757. The quantitative estimate of drug-likeness (QED) is 0.810. The summed E-state index contributed by atoms with van der Waals surface area (Å²) in [5.41, 5.74) is 0.840. The monoisotopic (exact) mass is 302 g/mol. The Kier molecular flexibility index (Phi) is 2.27. The molecule has 5 rings (SSSR count). The van der Waals surface area contributed by atoms with Gasteiger partial charge in [0.15, 0.2) is 5.15 Å². The van der Waals surface area contributed by atoms with Crippen LogP contribution in [0.5, 0.6) is 0 Å². The standard InChI is InChI=1S/C15H15ClN4O/c16-13-12-6-18-14(19(12)4-3-17-13)8-1-2-11-9-5-10(9)15(21)20(11)7-8/h3-4,6,8-11H,1-2,5,7H2/t8-,9-,10+,11+/m0/s1. The smallest absolute Gasteiger partial charge is 0.226 e. The Morgan fingerprint density at radius 3 is 3.10 bits per heavy atom. The van der Waals surface area contributed by atoms with Crippen molar-refractivity contribution in [1.82, 2.24) is 19.3 Å². The van der Waals surface area contributed by atoms with Crippen molar-refractivity contribution in [3.05, 3.63) is 29.6 Å². The number of carbonyl (C=O) groups is 1. The third kappa shape index (κ3) is 1.55. The lowest BCUT2D eigenvalue weighted by molar-refractivity contribution is -0.132. The van der Waals surface area contributed by atoms with Gasteiger partial charge in [0.2, 0.25) is 5.91 Å². The summed E-state index contributed by atoms with van der Waals surface area (Å²) in [5.74, 6) is 2.65. The number of rotatable bonds is 1. The number of aromatic nitrogens is 3. The predicted octanol–water partition coefficient (Wildman–Crippen LogP) is 2.11. The molecule has 2 aliphatic heterocycles. The Hall–Kier alpha value is -1.62. The summed E-state index contributed by atoms with van der Waals surface area (Å²) in [7, 11) is 0. The van der Waals surface area contributed by atoms with Crippen LogP contribution in [0.1, 0.15) is 31.0 Å². The number of nitrogens with zero attached hydrogens (tertiary/aromatic N) is 4. The summed E-state index contributed by atoms with van der Waals surface area (Å²) in [6.45, 7) is 0.801. The normalized spacial score (nSPS) is 34.1. The summed E-state index contributed by atoms with van der Waals surface area (Å²) >= 11 is 6.11. The van der Waals surface area contributed by atoms with Gasteiger partial charge in [0.05, 0.1) is 6.20 Å². The van der Waals surface area contributed by atoms with Gasteiger partial charge in [0.1, 0.15) is 11.3 Å². The molecule has 2 saturated heterocycles. The molecule has 2 aromatic rings. The summed E-state index contributed by atoms with van der Waals surface area (Å²) in [6.07, 6.45) is 8.70. The number of hydrogen-bond acceptors (Lipinski definition) is 3. The molecule has 4 heterocycles. The van der Waals surface area contributed by atoms with Crippen molar-refractivity contribution < 1.29 is 4.79 Å². The van der Waals surface area contributed by atoms with Gasteiger partial charge in [-0.3, -0.25) is 9.20 Å². The molecule has 0 spiro atoms. The maximum atomic E-state index is 12.3. The largest absolute Gasteiger partial charge is 0.338 e. The van der Waals surface area contributed by atoms with E-state index >= 15 is 0 Å². The molecule has 108 valence electrons. The highest BCUT2D eigenvalue weighted by molar-refractivity contribution is 6.32. The van der Waals surface area contributed by atoms with Crippen molar-refractivity contribution in [1.29, 1.82) is 0 Å². The lowest BCUT2D eigenvalue weighted by Crippen LogP contribution is -2.43. The van der Waals surface area contributed by atoms with E-state index in [-0.39, 0.29) is 0 Å². The second kappa shape index (κ2) is 3.97. The molecule has 0 aromatic carbocycles. The summed E-state index contributed by atoms with van der Waals surface area (Å²) in [4.78, 5) is 23.0. The Morgan fingerprint density at radius 2 is 2.19 bits per heavy atom. The van der Waals surface area contributed by atoms with Crippen LogP contribution in [-0.2, 0) is 4.79 Å². The van der Waals surface area contributed by atoms with Gasteiger partial charge in [-0.05, 0) is 25.2 Å². The number of fused-ring (bicyclic) bond motifs is 4. The molecule has 21 heavy (non-hydrogen) atoms. The summed E-state index contributed by atoms with van der Waals surface area (Å²) in [6, 6.07) is 0.496. The van der Waals surface area contributed by atoms with E-state index in [2.05, 4.69) is 14.9 Å².